The van der Waals surface area contributed by atoms with Crippen molar-refractivity contribution in [2.75, 3.05) is 25.0 Å². The summed E-state index contributed by atoms with van der Waals surface area (Å²) in [6.45, 7) is 6.03. The number of rotatable bonds is 4. The fraction of sp³-hybridized carbons (Fsp3) is 0.391. The van der Waals surface area contributed by atoms with Crippen LogP contribution in [0.15, 0.2) is 52.4 Å². The molecular formula is C23H26F3N3O. The summed E-state index contributed by atoms with van der Waals surface area (Å²) in [4.78, 5) is 11.0. The lowest BCUT2D eigenvalue weighted by Gasteiger charge is -2.30. The molecule has 2 aromatic rings. The van der Waals surface area contributed by atoms with Crippen LogP contribution in [0.4, 0.5) is 18.9 Å². The molecule has 0 radical (unpaired) electrons. The maximum Gasteiger partial charge on any atom is 0.573 e. The molecule has 2 aromatic carbocycles. The van der Waals surface area contributed by atoms with E-state index < -0.39 is 6.36 Å². The molecule has 1 fully saturated rings. The van der Waals surface area contributed by atoms with Crippen LogP contribution in [0.5, 0.6) is 5.75 Å². The number of aryl methyl sites for hydroxylation is 1. The molecule has 0 unspecified atom stereocenters. The molecule has 1 aliphatic rings. The molecule has 4 nitrogen and oxygen atoms in total. The molecule has 0 saturated carbocycles. The Kier molecular flexibility index (Phi) is 6.80. The third kappa shape index (κ3) is 5.40. The molecular weight excluding hydrogens is 391 g/mol. The molecule has 0 bridgehead atoms. The number of anilines is 1. The predicted molar refractivity (Wildman–Crippen MR) is 115 cm³/mol. The van der Waals surface area contributed by atoms with Crippen LogP contribution in [-0.4, -0.2) is 38.0 Å². The summed E-state index contributed by atoms with van der Waals surface area (Å²) in [6.07, 6.45) is -1.10. The Labute approximate surface area is 175 Å². The first-order chi connectivity index (χ1) is 14.3. The average molecular weight is 417 g/mol. The van der Waals surface area contributed by atoms with Gasteiger partial charge in [-0.2, -0.15) is 0 Å². The molecule has 3 rings (SSSR count). The number of piperidine rings is 1. The third-order valence-electron chi connectivity index (χ3n) is 5.15. The second kappa shape index (κ2) is 9.32. The van der Waals surface area contributed by atoms with Gasteiger partial charge in [0.15, 0.2) is 5.84 Å². The van der Waals surface area contributed by atoms with Crippen molar-refractivity contribution >= 4 is 17.2 Å². The Bertz CT molecular complexity index is 945. The van der Waals surface area contributed by atoms with Gasteiger partial charge in [-0.25, -0.2) is 4.99 Å². The van der Waals surface area contributed by atoms with E-state index in [9.17, 15) is 13.2 Å². The van der Waals surface area contributed by atoms with Gasteiger partial charge in [-0.1, -0.05) is 18.2 Å². The minimum absolute atomic E-state index is 0.185. The van der Waals surface area contributed by atoms with Gasteiger partial charge in [0.25, 0.3) is 0 Å². The maximum atomic E-state index is 12.8. The number of aliphatic imine (C=N–C) groups is 2. The van der Waals surface area contributed by atoms with E-state index in [1.807, 2.05) is 13.0 Å². The van der Waals surface area contributed by atoms with E-state index in [2.05, 4.69) is 38.7 Å². The Morgan fingerprint density at radius 3 is 2.37 bits per heavy atom. The van der Waals surface area contributed by atoms with Crippen LogP contribution < -0.4 is 9.64 Å². The minimum atomic E-state index is -4.78. The summed E-state index contributed by atoms with van der Waals surface area (Å²) in [5.74, 6) is -0.135. The van der Waals surface area contributed by atoms with Gasteiger partial charge in [-0.3, -0.25) is 4.99 Å². The molecule has 0 spiro atoms. The van der Waals surface area contributed by atoms with Gasteiger partial charge in [0, 0.05) is 31.5 Å². The summed E-state index contributed by atoms with van der Waals surface area (Å²) in [5.41, 5.74) is 4.15. The number of hydrogen-bond acceptors (Lipinski definition) is 3. The smallest absolute Gasteiger partial charge is 0.405 e. The second-order valence-electron chi connectivity index (χ2n) is 7.34. The molecule has 1 heterocycles. The van der Waals surface area contributed by atoms with Crippen molar-refractivity contribution in [2.24, 2.45) is 9.98 Å². The summed E-state index contributed by atoms with van der Waals surface area (Å²) in [5, 5.41) is 0. The van der Waals surface area contributed by atoms with Crippen molar-refractivity contribution in [3.63, 3.8) is 0 Å². The monoisotopic (exact) mass is 417 g/mol. The van der Waals surface area contributed by atoms with E-state index in [-0.39, 0.29) is 17.1 Å². The molecule has 1 aliphatic heterocycles. The van der Waals surface area contributed by atoms with Crippen molar-refractivity contribution in [1.29, 1.82) is 0 Å². The zero-order chi connectivity index (χ0) is 21.7. The number of hydrogen-bond donors (Lipinski definition) is 0. The van der Waals surface area contributed by atoms with Crippen LogP contribution in [0, 0.1) is 6.92 Å². The van der Waals surface area contributed by atoms with Crippen molar-refractivity contribution < 1.29 is 17.9 Å². The van der Waals surface area contributed by atoms with Crippen LogP contribution in [0.3, 0.4) is 0 Å². The highest BCUT2D eigenvalue weighted by Crippen LogP contribution is 2.28. The average Bonchev–Trinajstić information content (AvgIpc) is 2.72. The lowest BCUT2D eigenvalue weighted by Crippen LogP contribution is -2.30. The van der Waals surface area contributed by atoms with E-state index in [0.29, 0.717) is 5.71 Å². The van der Waals surface area contributed by atoms with E-state index in [0.717, 1.165) is 24.2 Å². The minimum Gasteiger partial charge on any atom is -0.405 e. The van der Waals surface area contributed by atoms with Crippen LogP contribution in [0.1, 0.15) is 42.9 Å². The number of para-hydroxylation sites is 1. The number of alkyl halides is 3. The largest absolute Gasteiger partial charge is 0.573 e. The highest BCUT2D eigenvalue weighted by molar-refractivity contribution is 6.12. The lowest BCUT2D eigenvalue weighted by molar-refractivity contribution is -0.274. The van der Waals surface area contributed by atoms with E-state index in [4.69, 9.17) is 0 Å². The number of amidine groups is 1. The first-order valence-electron chi connectivity index (χ1n) is 10.0. The number of ether oxygens (including phenoxy) is 1. The highest BCUT2D eigenvalue weighted by atomic mass is 19.4. The fourth-order valence-electron chi connectivity index (χ4n) is 3.69. The first-order valence-corrected chi connectivity index (χ1v) is 10.0. The van der Waals surface area contributed by atoms with Gasteiger partial charge in [-0.05, 0) is 68.5 Å². The van der Waals surface area contributed by atoms with Crippen LogP contribution in [-0.2, 0) is 0 Å². The maximum absolute atomic E-state index is 12.8. The second-order valence-corrected chi connectivity index (χ2v) is 7.34. The molecule has 0 aromatic heterocycles. The molecule has 0 amide bonds. The molecule has 0 N–H and O–H groups in total. The Hall–Kier alpha value is -2.83. The molecule has 7 heteroatoms. The van der Waals surface area contributed by atoms with Crippen LogP contribution >= 0.6 is 0 Å². The lowest BCUT2D eigenvalue weighted by atomic mass is 10.0. The van der Waals surface area contributed by atoms with Crippen molar-refractivity contribution in [3.8, 4) is 5.75 Å². The molecule has 30 heavy (non-hydrogen) atoms. The molecule has 0 aliphatic carbocycles. The predicted octanol–water partition coefficient (Wildman–Crippen LogP) is 5.77. The van der Waals surface area contributed by atoms with Crippen LogP contribution in [0.25, 0.3) is 0 Å². The third-order valence-corrected chi connectivity index (χ3v) is 5.15. The van der Waals surface area contributed by atoms with Gasteiger partial charge in [-0.15, -0.1) is 13.2 Å². The molecule has 0 atom stereocenters. The molecule has 160 valence electrons. The van der Waals surface area contributed by atoms with Crippen molar-refractivity contribution in [2.45, 2.75) is 39.5 Å². The SMILES string of the molecule is CN=C(N=C(C)c1ccc(N2CCCCC2)c(C)c1)c1ccccc1OC(F)(F)F. The standard InChI is InChI=1S/C23H26F3N3O/c1-16-15-18(11-12-20(16)29-13-7-4-8-14-29)17(2)28-22(27-3)19-9-5-6-10-21(19)30-23(24,25)26/h5-6,9-12,15H,4,7-8,13-14H2,1-3H3. The van der Waals surface area contributed by atoms with E-state index >= 15 is 0 Å². The normalized spacial score (nSPS) is 16.0. The highest BCUT2D eigenvalue weighted by Gasteiger charge is 2.32. The van der Waals surface area contributed by atoms with Gasteiger partial charge >= 0.3 is 6.36 Å². The van der Waals surface area contributed by atoms with Gasteiger partial charge in [0.1, 0.15) is 5.75 Å². The van der Waals surface area contributed by atoms with Gasteiger partial charge in [0.05, 0.1) is 5.56 Å². The number of nitrogens with zero attached hydrogens (tertiary/aromatic N) is 3. The van der Waals surface area contributed by atoms with E-state index in [1.54, 1.807) is 6.07 Å². The van der Waals surface area contributed by atoms with Gasteiger partial charge < -0.3 is 9.64 Å². The van der Waals surface area contributed by atoms with Crippen molar-refractivity contribution in [3.05, 3.63) is 59.2 Å². The quantitative estimate of drug-likeness (QED) is 0.468. The first kappa shape index (κ1) is 21.9. The summed E-state index contributed by atoms with van der Waals surface area (Å²) in [7, 11) is 1.50. The van der Waals surface area contributed by atoms with E-state index in [1.165, 1.54) is 50.2 Å². The Balaban J connectivity index is 1.88. The summed E-state index contributed by atoms with van der Waals surface area (Å²) in [6, 6.07) is 12.1. The number of halogens is 3. The topological polar surface area (TPSA) is 37.2 Å². The zero-order valence-corrected chi connectivity index (χ0v) is 17.5. The summed E-state index contributed by atoms with van der Waals surface area (Å²) >= 11 is 0. The molecule has 1 saturated heterocycles. The zero-order valence-electron chi connectivity index (χ0n) is 17.5. The Morgan fingerprint density at radius 2 is 1.73 bits per heavy atom. The fourth-order valence-corrected chi connectivity index (χ4v) is 3.69. The summed E-state index contributed by atoms with van der Waals surface area (Å²) < 4.78 is 42.4. The number of benzene rings is 2. The van der Waals surface area contributed by atoms with Crippen molar-refractivity contribution in [1.82, 2.24) is 0 Å². The Morgan fingerprint density at radius 1 is 1.03 bits per heavy atom. The van der Waals surface area contributed by atoms with Gasteiger partial charge in [0.2, 0.25) is 0 Å². The van der Waals surface area contributed by atoms with Crippen LogP contribution in [0.2, 0.25) is 0 Å².